The Kier molecular flexibility index (Phi) is 5.91. The number of hydrogen-bond donors (Lipinski definition) is 2. The van der Waals surface area contributed by atoms with E-state index in [4.69, 9.17) is 5.73 Å². The van der Waals surface area contributed by atoms with Gasteiger partial charge < -0.3 is 11.1 Å². The van der Waals surface area contributed by atoms with E-state index < -0.39 is 5.91 Å². The van der Waals surface area contributed by atoms with Gasteiger partial charge in [0, 0.05) is 23.6 Å². The van der Waals surface area contributed by atoms with Crippen molar-refractivity contribution in [3.05, 3.63) is 35.9 Å². The third-order valence-corrected chi connectivity index (χ3v) is 5.42. The average molecular weight is 357 g/mol. The number of amides is 2. The highest BCUT2D eigenvalue weighted by atomic mass is 32.2. The topological polar surface area (TPSA) is 85.1 Å². The van der Waals surface area contributed by atoms with E-state index >= 15 is 0 Å². The van der Waals surface area contributed by atoms with E-state index in [1.165, 1.54) is 31.0 Å². The van der Waals surface area contributed by atoms with Gasteiger partial charge in [-0.1, -0.05) is 37.5 Å². The van der Waals surface area contributed by atoms with Crippen molar-refractivity contribution in [2.75, 3.05) is 5.75 Å². The molecule has 25 heavy (non-hydrogen) atoms. The first-order valence-corrected chi connectivity index (χ1v) is 9.74. The minimum Gasteiger partial charge on any atom is -0.366 e. The number of thioether (sulfide) groups is 1. The van der Waals surface area contributed by atoms with Crippen LogP contribution in [0.5, 0.6) is 0 Å². The van der Waals surface area contributed by atoms with Crippen molar-refractivity contribution in [2.24, 2.45) is 5.73 Å². The summed E-state index contributed by atoms with van der Waals surface area (Å²) in [6, 6.07) is 9.50. The van der Waals surface area contributed by atoms with Crippen LogP contribution in [-0.4, -0.2) is 28.6 Å². The van der Waals surface area contributed by atoms with Crippen molar-refractivity contribution in [1.82, 2.24) is 10.3 Å². The molecule has 2 aromatic rings. The summed E-state index contributed by atoms with van der Waals surface area (Å²) in [5.41, 5.74) is 6.71. The molecular weight excluding hydrogens is 334 g/mol. The number of aromatic nitrogens is 1. The fourth-order valence-electron chi connectivity index (χ4n) is 3.22. The van der Waals surface area contributed by atoms with E-state index in [2.05, 4.69) is 10.3 Å². The van der Waals surface area contributed by atoms with Crippen molar-refractivity contribution < 1.29 is 9.59 Å². The molecule has 0 aliphatic heterocycles. The molecule has 0 unspecified atom stereocenters. The van der Waals surface area contributed by atoms with Crippen molar-refractivity contribution in [1.29, 1.82) is 0 Å². The Balaban J connectivity index is 1.59. The molecule has 6 heteroatoms. The molecule has 1 saturated carbocycles. The number of nitrogens with one attached hydrogen (secondary N) is 1. The monoisotopic (exact) mass is 357 g/mol. The van der Waals surface area contributed by atoms with Crippen LogP contribution in [0.1, 0.15) is 48.9 Å². The molecule has 1 aromatic carbocycles. The maximum atomic E-state index is 12.1. The molecule has 1 aliphatic carbocycles. The van der Waals surface area contributed by atoms with Crippen LogP contribution in [0.3, 0.4) is 0 Å². The van der Waals surface area contributed by atoms with Crippen molar-refractivity contribution in [3.63, 3.8) is 0 Å². The summed E-state index contributed by atoms with van der Waals surface area (Å²) < 4.78 is 0. The minimum atomic E-state index is -0.463. The van der Waals surface area contributed by atoms with Crippen molar-refractivity contribution in [3.8, 4) is 0 Å². The number of fused-ring (bicyclic) bond motifs is 1. The summed E-state index contributed by atoms with van der Waals surface area (Å²) in [5, 5.41) is 4.60. The molecule has 0 bridgehead atoms. The second-order valence-electron chi connectivity index (χ2n) is 6.39. The molecular formula is C19H23N3O2S. The Hall–Kier alpha value is -2.08. The quantitative estimate of drug-likeness (QED) is 0.777. The fourth-order valence-corrected chi connectivity index (χ4v) is 4.08. The lowest BCUT2D eigenvalue weighted by atomic mass is 9.95. The van der Waals surface area contributed by atoms with Gasteiger partial charge in [0.15, 0.2) is 0 Å². The number of rotatable bonds is 6. The lowest BCUT2D eigenvalue weighted by Gasteiger charge is -2.22. The maximum Gasteiger partial charge on any atom is 0.249 e. The molecule has 1 fully saturated rings. The summed E-state index contributed by atoms with van der Waals surface area (Å²) in [6.07, 6.45) is 6.31. The molecule has 0 atom stereocenters. The van der Waals surface area contributed by atoms with E-state index in [-0.39, 0.29) is 5.91 Å². The van der Waals surface area contributed by atoms with E-state index in [1.807, 2.05) is 24.3 Å². The number of nitrogens with zero attached hydrogens (tertiary/aromatic N) is 1. The summed E-state index contributed by atoms with van der Waals surface area (Å²) in [7, 11) is 0. The lowest BCUT2D eigenvalue weighted by Crippen LogP contribution is -2.36. The van der Waals surface area contributed by atoms with Crippen LogP contribution >= 0.6 is 11.8 Å². The second kappa shape index (κ2) is 8.34. The average Bonchev–Trinajstić information content (AvgIpc) is 2.61. The molecule has 3 N–H and O–H groups in total. The molecule has 0 saturated heterocycles. The molecule has 0 radical (unpaired) electrons. The van der Waals surface area contributed by atoms with E-state index in [0.29, 0.717) is 23.8 Å². The summed E-state index contributed by atoms with van der Waals surface area (Å²) in [4.78, 5) is 28.3. The standard InChI is InChI=1S/C19H23N3O2S/c20-19(24)15-12-18(22-16-9-5-4-8-14(15)16)25-11-10-17(23)21-13-6-2-1-3-7-13/h4-5,8-9,12-13H,1-3,6-7,10-11H2,(H2,20,24)(H,21,23). The third-order valence-electron chi connectivity index (χ3n) is 4.51. The molecule has 5 nitrogen and oxygen atoms in total. The summed E-state index contributed by atoms with van der Waals surface area (Å²) in [5.74, 6) is 0.257. The summed E-state index contributed by atoms with van der Waals surface area (Å²) >= 11 is 1.48. The molecule has 132 valence electrons. The van der Waals surface area contributed by atoms with E-state index in [9.17, 15) is 9.59 Å². The Bertz CT molecular complexity index is 772. The summed E-state index contributed by atoms with van der Waals surface area (Å²) in [6.45, 7) is 0. The minimum absolute atomic E-state index is 0.0929. The van der Waals surface area contributed by atoms with Gasteiger partial charge in [0.25, 0.3) is 0 Å². The lowest BCUT2D eigenvalue weighted by molar-refractivity contribution is -0.121. The van der Waals surface area contributed by atoms with Gasteiger partial charge in [0.1, 0.15) is 0 Å². The molecule has 2 amide bonds. The first-order valence-electron chi connectivity index (χ1n) is 8.75. The Labute approximate surface area is 151 Å². The number of nitrogens with two attached hydrogens (primary N) is 1. The fraction of sp³-hybridized carbons (Fsp3) is 0.421. The molecule has 1 heterocycles. The Morgan fingerprint density at radius 1 is 1.20 bits per heavy atom. The van der Waals surface area contributed by atoms with Crippen LogP contribution in [0.4, 0.5) is 0 Å². The predicted molar refractivity (Wildman–Crippen MR) is 101 cm³/mol. The van der Waals surface area contributed by atoms with E-state index in [1.54, 1.807) is 6.07 Å². The van der Waals surface area contributed by atoms with Gasteiger partial charge in [0.05, 0.1) is 16.1 Å². The molecule has 1 aliphatic rings. The number of primary amides is 1. The third kappa shape index (κ3) is 4.72. The van der Waals surface area contributed by atoms with Crippen LogP contribution in [0, 0.1) is 0 Å². The van der Waals surface area contributed by atoms with Gasteiger partial charge in [-0.3, -0.25) is 9.59 Å². The zero-order chi connectivity index (χ0) is 17.6. The number of pyridine rings is 1. The van der Waals surface area contributed by atoms with Crippen LogP contribution < -0.4 is 11.1 Å². The largest absolute Gasteiger partial charge is 0.366 e. The van der Waals surface area contributed by atoms with Crippen LogP contribution in [0.15, 0.2) is 35.4 Å². The van der Waals surface area contributed by atoms with Crippen LogP contribution in [-0.2, 0) is 4.79 Å². The highest BCUT2D eigenvalue weighted by molar-refractivity contribution is 7.99. The first-order chi connectivity index (χ1) is 12.1. The zero-order valence-corrected chi connectivity index (χ0v) is 15.0. The van der Waals surface area contributed by atoms with Crippen LogP contribution in [0.25, 0.3) is 10.9 Å². The molecule has 3 rings (SSSR count). The molecule has 0 spiro atoms. The van der Waals surface area contributed by atoms with Crippen molar-refractivity contribution in [2.45, 2.75) is 49.6 Å². The van der Waals surface area contributed by atoms with E-state index in [0.717, 1.165) is 28.8 Å². The van der Waals surface area contributed by atoms with Gasteiger partial charge in [0.2, 0.25) is 11.8 Å². The SMILES string of the molecule is NC(=O)c1cc(SCCC(=O)NC2CCCCC2)nc2ccccc12. The Morgan fingerprint density at radius 3 is 2.72 bits per heavy atom. The number of hydrogen-bond acceptors (Lipinski definition) is 4. The van der Waals surface area contributed by atoms with Gasteiger partial charge in [-0.2, -0.15) is 0 Å². The smallest absolute Gasteiger partial charge is 0.249 e. The number of carbonyl (C=O) groups is 2. The number of carbonyl (C=O) groups excluding carboxylic acids is 2. The van der Waals surface area contributed by atoms with Gasteiger partial charge in [-0.15, -0.1) is 11.8 Å². The van der Waals surface area contributed by atoms with Crippen LogP contribution in [0.2, 0.25) is 0 Å². The van der Waals surface area contributed by atoms with Gasteiger partial charge in [-0.25, -0.2) is 4.98 Å². The van der Waals surface area contributed by atoms with Gasteiger partial charge in [-0.05, 0) is 25.0 Å². The molecule has 1 aromatic heterocycles. The van der Waals surface area contributed by atoms with Gasteiger partial charge >= 0.3 is 0 Å². The predicted octanol–water partition coefficient (Wildman–Crippen LogP) is 3.26. The second-order valence-corrected chi connectivity index (χ2v) is 7.51. The Morgan fingerprint density at radius 2 is 1.96 bits per heavy atom. The maximum absolute atomic E-state index is 12.1. The highest BCUT2D eigenvalue weighted by Crippen LogP contribution is 2.24. The first kappa shape index (κ1) is 17.7. The van der Waals surface area contributed by atoms with Crippen molar-refractivity contribution >= 4 is 34.5 Å². The normalized spacial score (nSPS) is 15.2. The number of para-hydroxylation sites is 1. The highest BCUT2D eigenvalue weighted by Gasteiger charge is 2.16. The number of benzene rings is 1. The zero-order valence-electron chi connectivity index (χ0n) is 14.2.